The van der Waals surface area contributed by atoms with E-state index in [0.717, 1.165) is 5.69 Å². The molecule has 1 saturated heterocycles. The number of aromatic nitrogens is 1. The zero-order valence-electron chi connectivity index (χ0n) is 10.5. The van der Waals surface area contributed by atoms with E-state index in [0.29, 0.717) is 12.1 Å². The molecule has 0 saturated carbocycles. The molecule has 2 atom stereocenters. The number of rotatable bonds is 2. The van der Waals surface area contributed by atoms with Crippen LogP contribution in [0.3, 0.4) is 0 Å². The Morgan fingerprint density at radius 1 is 1.44 bits per heavy atom. The SMILES string of the molecule is Cc1cc(C(=O)N2CC(C)C(C(=O)O)C2)ccn1. The minimum atomic E-state index is -0.830. The van der Waals surface area contributed by atoms with Gasteiger partial charge in [0.2, 0.25) is 0 Å². The molecule has 2 rings (SSSR count). The van der Waals surface area contributed by atoms with E-state index in [1.165, 1.54) is 0 Å². The second-order valence-corrected chi connectivity index (χ2v) is 4.82. The highest BCUT2D eigenvalue weighted by Crippen LogP contribution is 2.24. The normalized spacial score (nSPS) is 23.1. The average molecular weight is 248 g/mol. The molecule has 2 unspecified atom stereocenters. The lowest BCUT2D eigenvalue weighted by Gasteiger charge is -2.15. The number of pyridine rings is 1. The van der Waals surface area contributed by atoms with E-state index in [1.54, 1.807) is 23.2 Å². The minimum Gasteiger partial charge on any atom is -0.481 e. The van der Waals surface area contributed by atoms with Gasteiger partial charge in [0.25, 0.3) is 5.91 Å². The third-order valence-electron chi connectivity index (χ3n) is 3.36. The molecular weight excluding hydrogens is 232 g/mol. The van der Waals surface area contributed by atoms with Crippen LogP contribution in [0, 0.1) is 18.8 Å². The summed E-state index contributed by atoms with van der Waals surface area (Å²) in [6.45, 7) is 4.47. The number of likely N-dealkylation sites (tertiary alicyclic amines) is 1. The van der Waals surface area contributed by atoms with Gasteiger partial charge in [-0.05, 0) is 25.0 Å². The molecule has 0 bridgehead atoms. The van der Waals surface area contributed by atoms with Gasteiger partial charge < -0.3 is 10.0 Å². The summed E-state index contributed by atoms with van der Waals surface area (Å²) in [6.07, 6.45) is 1.59. The van der Waals surface area contributed by atoms with Gasteiger partial charge in [-0.15, -0.1) is 0 Å². The Kier molecular flexibility index (Phi) is 3.32. The van der Waals surface area contributed by atoms with Crippen molar-refractivity contribution in [1.29, 1.82) is 0 Å². The molecule has 5 heteroatoms. The van der Waals surface area contributed by atoms with Crippen LogP contribution < -0.4 is 0 Å². The Hall–Kier alpha value is -1.91. The Morgan fingerprint density at radius 3 is 2.72 bits per heavy atom. The lowest BCUT2D eigenvalue weighted by atomic mass is 9.99. The molecule has 5 nitrogen and oxygen atoms in total. The molecule has 0 radical (unpaired) electrons. The largest absolute Gasteiger partial charge is 0.481 e. The van der Waals surface area contributed by atoms with Gasteiger partial charge in [0, 0.05) is 30.5 Å². The monoisotopic (exact) mass is 248 g/mol. The quantitative estimate of drug-likeness (QED) is 0.853. The summed E-state index contributed by atoms with van der Waals surface area (Å²) in [5, 5.41) is 9.05. The number of carboxylic acids is 1. The van der Waals surface area contributed by atoms with Crippen molar-refractivity contribution in [2.75, 3.05) is 13.1 Å². The van der Waals surface area contributed by atoms with Crippen LogP contribution in [0.5, 0.6) is 0 Å². The predicted molar refractivity (Wildman–Crippen MR) is 65.2 cm³/mol. The Bertz CT molecular complexity index is 487. The summed E-state index contributed by atoms with van der Waals surface area (Å²) in [5.41, 5.74) is 1.35. The first-order chi connectivity index (χ1) is 8.49. The number of carbonyl (C=O) groups excluding carboxylic acids is 1. The topological polar surface area (TPSA) is 70.5 Å². The smallest absolute Gasteiger partial charge is 0.308 e. The number of hydrogen-bond donors (Lipinski definition) is 1. The van der Waals surface area contributed by atoms with E-state index in [9.17, 15) is 9.59 Å². The molecular formula is C13H16N2O3. The fourth-order valence-corrected chi connectivity index (χ4v) is 2.32. The van der Waals surface area contributed by atoms with E-state index < -0.39 is 11.9 Å². The van der Waals surface area contributed by atoms with Crippen molar-refractivity contribution in [1.82, 2.24) is 9.88 Å². The Morgan fingerprint density at radius 2 is 2.17 bits per heavy atom. The fraction of sp³-hybridized carbons (Fsp3) is 0.462. The third kappa shape index (κ3) is 2.34. The van der Waals surface area contributed by atoms with Gasteiger partial charge >= 0.3 is 5.97 Å². The standard InChI is InChI=1S/C13H16N2O3/c1-8-6-15(7-11(8)13(17)18)12(16)10-3-4-14-9(2)5-10/h3-5,8,11H,6-7H2,1-2H3,(H,17,18). The van der Waals surface area contributed by atoms with E-state index in [4.69, 9.17) is 5.11 Å². The van der Waals surface area contributed by atoms with Gasteiger partial charge in [-0.25, -0.2) is 0 Å². The van der Waals surface area contributed by atoms with Crippen molar-refractivity contribution >= 4 is 11.9 Å². The zero-order chi connectivity index (χ0) is 13.3. The van der Waals surface area contributed by atoms with E-state index in [-0.39, 0.29) is 18.4 Å². The average Bonchev–Trinajstić information content (AvgIpc) is 2.70. The maximum Gasteiger partial charge on any atom is 0.308 e. The molecule has 1 aliphatic heterocycles. The summed E-state index contributed by atoms with van der Waals surface area (Å²) in [6, 6.07) is 3.38. The molecule has 0 spiro atoms. The molecule has 1 amide bonds. The maximum atomic E-state index is 12.2. The number of hydrogen-bond acceptors (Lipinski definition) is 3. The summed E-state index contributed by atoms with van der Waals surface area (Å²) in [4.78, 5) is 28.9. The highest BCUT2D eigenvalue weighted by Gasteiger charge is 2.37. The van der Waals surface area contributed by atoms with Gasteiger partial charge in [-0.1, -0.05) is 6.92 Å². The van der Waals surface area contributed by atoms with Crippen molar-refractivity contribution < 1.29 is 14.7 Å². The van der Waals surface area contributed by atoms with Crippen LogP contribution in [0.1, 0.15) is 23.0 Å². The second-order valence-electron chi connectivity index (χ2n) is 4.82. The highest BCUT2D eigenvalue weighted by molar-refractivity contribution is 5.94. The molecule has 1 aliphatic rings. The van der Waals surface area contributed by atoms with E-state index in [2.05, 4.69) is 4.98 Å². The third-order valence-corrected chi connectivity index (χ3v) is 3.36. The van der Waals surface area contributed by atoms with Gasteiger partial charge in [0.1, 0.15) is 0 Å². The molecule has 2 heterocycles. The lowest BCUT2D eigenvalue weighted by Crippen LogP contribution is -2.30. The summed E-state index contributed by atoms with van der Waals surface area (Å²) in [7, 11) is 0. The summed E-state index contributed by atoms with van der Waals surface area (Å²) in [5.74, 6) is -1.41. The number of carboxylic acid groups (broad SMARTS) is 1. The first-order valence-corrected chi connectivity index (χ1v) is 5.93. The molecule has 96 valence electrons. The maximum absolute atomic E-state index is 12.2. The Balaban J connectivity index is 2.14. The van der Waals surface area contributed by atoms with E-state index in [1.807, 2.05) is 13.8 Å². The number of aliphatic carboxylic acids is 1. The van der Waals surface area contributed by atoms with Gasteiger partial charge in [-0.3, -0.25) is 14.6 Å². The van der Waals surface area contributed by atoms with Crippen LogP contribution in [0.15, 0.2) is 18.3 Å². The van der Waals surface area contributed by atoms with Crippen LogP contribution in [0.2, 0.25) is 0 Å². The molecule has 1 fully saturated rings. The lowest BCUT2D eigenvalue weighted by molar-refractivity contribution is -0.142. The van der Waals surface area contributed by atoms with Crippen LogP contribution in [0.4, 0.5) is 0 Å². The van der Waals surface area contributed by atoms with Crippen molar-refractivity contribution in [2.24, 2.45) is 11.8 Å². The van der Waals surface area contributed by atoms with Crippen LogP contribution in [-0.4, -0.2) is 40.0 Å². The summed E-state index contributed by atoms with van der Waals surface area (Å²) < 4.78 is 0. The fourth-order valence-electron chi connectivity index (χ4n) is 2.32. The minimum absolute atomic E-state index is 0.00520. The number of aryl methyl sites for hydroxylation is 1. The van der Waals surface area contributed by atoms with Crippen LogP contribution in [0.25, 0.3) is 0 Å². The van der Waals surface area contributed by atoms with Crippen molar-refractivity contribution in [3.63, 3.8) is 0 Å². The van der Waals surface area contributed by atoms with Gasteiger partial charge in [-0.2, -0.15) is 0 Å². The van der Waals surface area contributed by atoms with Crippen molar-refractivity contribution in [3.8, 4) is 0 Å². The van der Waals surface area contributed by atoms with Crippen LogP contribution >= 0.6 is 0 Å². The first kappa shape index (κ1) is 12.5. The zero-order valence-corrected chi connectivity index (χ0v) is 10.5. The van der Waals surface area contributed by atoms with E-state index >= 15 is 0 Å². The number of carbonyl (C=O) groups is 2. The molecule has 0 aliphatic carbocycles. The number of amides is 1. The molecule has 1 aromatic rings. The molecule has 18 heavy (non-hydrogen) atoms. The second kappa shape index (κ2) is 4.76. The van der Waals surface area contributed by atoms with Crippen molar-refractivity contribution in [2.45, 2.75) is 13.8 Å². The van der Waals surface area contributed by atoms with Crippen LogP contribution in [-0.2, 0) is 4.79 Å². The van der Waals surface area contributed by atoms with Gasteiger partial charge in [0.05, 0.1) is 5.92 Å². The molecule has 0 aromatic carbocycles. The summed E-state index contributed by atoms with van der Waals surface area (Å²) >= 11 is 0. The number of nitrogens with zero attached hydrogens (tertiary/aromatic N) is 2. The molecule has 1 aromatic heterocycles. The predicted octanol–water partition coefficient (Wildman–Crippen LogP) is 1.18. The first-order valence-electron chi connectivity index (χ1n) is 5.93. The highest BCUT2D eigenvalue weighted by atomic mass is 16.4. The Labute approximate surface area is 105 Å². The molecule has 1 N–H and O–H groups in total. The van der Waals surface area contributed by atoms with Gasteiger partial charge in [0.15, 0.2) is 0 Å². The van der Waals surface area contributed by atoms with Crippen molar-refractivity contribution in [3.05, 3.63) is 29.6 Å².